The standard InChI is InChI=1S/C8H12N2/c1-4-7(2)8-5-9-10(3)6-8/h4-6H,1-3H3/b7-4-. The van der Waals surface area contributed by atoms with Gasteiger partial charge in [0.2, 0.25) is 0 Å². The first kappa shape index (κ1) is 7.06. The van der Waals surface area contributed by atoms with Crippen LogP contribution >= 0.6 is 0 Å². The minimum absolute atomic E-state index is 1.20. The van der Waals surface area contributed by atoms with Gasteiger partial charge >= 0.3 is 0 Å². The van der Waals surface area contributed by atoms with Crippen LogP contribution in [0.1, 0.15) is 19.4 Å². The zero-order chi connectivity index (χ0) is 7.56. The molecule has 0 N–H and O–H groups in total. The fraction of sp³-hybridized carbons (Fsp3) is 0.375. The lowest BCUT2D eigenvalue weighted by Crippen LogP contribution is -1.84. The van der Waals surface area contributed by atoms with Crippen molar-refractivity contribution in [3.63, 3.8) is 0 Å². The minimum atomic E-state index is 1.20. The molecule has 2 nitrogen and oxygen atoms in total. The molecule has 0 radical (unpaired) electrons. The summed E-state index contributed by atoms with van der Waals surface area (Å²) in [6.07, 6.45) is 5.96. The highest BCUT2D eigenvalue weighted by Gasteiger charge is 1.94. The first-order chi connectivity index (χ1) is 4.74. The summed E-state index contributed by atoms with van der Waals surface area (Å²) in [5, 5.41) is 4.06. The summed E-state index contributed by atoms with van der Waals surface area (Å²) in [5.41, 5.74) is 2.47. The molecule has 0 aliphatic rings. The topological polar surface area (TPSA) is 17.8 Å². The Bertz CT molecular complexity index is 246. The molecule has 0 saturated carbocycles. The van der Waals surface area contributed by atoms with E-state index in [9.17, 15) is 0 Å². The molecule has 0 aromatic carbocycles. The molecular weight excluding hydrogens is 124 g/mol. The van der Waals surface area contributed by atoms with Gasteiger partial charge in [-0.3, -0.25) is 4.68 Å². The lowest BCUT2D eigenvalue weighted by atomic mass is 10.2. The van der Waals surface area contributed by atoms with Crippen molar-refractivity contribution >= 4 is 5.57 Å². The molecule has 1 aromatic rings. The molecule has 0 fully saturated rings. The summed E-state index contributed by atoms with van der Waals surface area (Å²) in [6.45, 7) is 4.11. The quantitative estimate of drug-likeness (QED) is 0.576. The van der Waals surface area contributed by atoms with Gasteiger partial charge in [0.15, 0.2) is 0 Å². The highest BCUT2D eigenvalue weighted by molar-refractivity contribution is 5.61. The number of nitrogens with zero attached hydrogens (tertiary/aromatic N) is 2. The third kappa shape index (κ3) is 1.26. The normalized spacial score (nSPS) is 12.1. The summed E-state index contributed by atoms with van der Waals surface area (Å²) < 4.78 is 1.81. The van der Waals surface area contributed by atoms with Crippen LogP contribution < -0.4 is 0 Å². The highest BCUT2D eigenvalue weighted by Crippen LogP contribution is 2.10. The molecule has 1 rings (SSSR count). The smallest absolute Gasteiger partial charge is 0.0564 e. The van der Waals surface area contributed by atoms with E-state index in [0.29, 0.717) is 0 Å². The molecule has 0 atom stereocenters. The second-order valence-electron chi connectivity index (χ2n) is 2.37. The van der Waals surface area contributed by atoms with Crippen molar-refractivity contribution in [2.45, 2.75) is 13.8 Å². The maximum atomic E-state index is 4.06. The van der Waals surface area contributed by atoms with Crippen molar-refractivity contribution in [3.05, 3.63) is 24.0 Å². The van der Waals surface area contributed by atoms with E-state index in [-0.39, 0.29) is 0 Å². The number of allylic oxidation sites excluding steroid dienone is 2. The van der Waals surface area contributed by atoms with E-state index < -0.39 is 0 Å². The fourth-order valence-electron chi connectivity index (χ4n) is 0.792. The van der Waals surface area contributed by atoms with Crippen molar-refractivity contribution in [2.24, 2.45) is 7.05 Å². The van der Waals surface area contributed by atoms with E-state index in [0.717, 1.165) is 0 Å². The lowest BCUT2D eigenvalue weighted by Gasteiger charge is -1.90. The van der Waals surface area contributed by atoms with Crippen molar-refractivity contribution in [1.29, 1.82) is 0 Å². The average molecular weight is 136 g/mol. The lowest BCUT2D eigenvalue weighted by molar-refractivity contribution is 0.767. The highest BCUT2D eigenvalue weighted by atomic mass is 15.2. The van der Waals surface area contributed by atoms with Crippen LogP contribution in [0.4, 0.5) is 0 Å². The van der Waals surface area contributed by atoms with Gasteiger partial charge in [-0.2, -0.15) is 5.10 Å². The van der Waals surface area contributed by atoms with E-state index in [1.54, 1.807) is 0 Å². The molecular formula is C8H12N2. The number of hydrogen-bond donors (Lipinski definition) is 0. The zero-order valence-electron chi connectivity index (χ0n) is 6.63. The monoisotopic (exact) mass is 136 g/mol. The van der Waals surface area contributed by atoms with Gasteiger partial charge in [0.25, 0.3) is 0 Å². The van der Waals surface area contributed by atoms with Gasteiger partial charge in [0.1, 0.15) is 0 Å². The molecule has 0 spiro atoms. The SMILES string of the molecule is C/C=C(/C)c1cnn(C)c1. The fourth-order valence-corrected chi connectivity index (χ4v) is 0.792. The molecule has 0 bridgehead atoms. The number of hydrogen-bond acceptors (Lipinski definition) is 1. The molecule has 10 heavy (non-hydrogen) atoms. The minimum Gasteiger partial charge on any atom is -0.275 e. The Labute approximate surface area is 61.2 Å². The van der Waals surface area contributed by atoms with Gasteiger partial charge < -0.3 is 0 Å². The second-order valence-corrected chi connectivity index (χ2v) is 2.37. The summed E-state index contributed by atoms with van der Waals surface area (Å²) >= 11 is 0. The van der Waals surface area contributed by atoms with Gasteiger partial charge in [-0.1, -0.05) is 6.08 Å². The van der Waals surface area contributed by atoms with Gasteiger partial charge in [-0.05, 0) is 19.4 Å². The van der Waals surface area contributed by atoms with Crippen LogP contribution in [-0.2, 0) is 7.05 Å². The van der Waals surface area contributed by atoms with E-state index >= 15 is 0 Å². The largest absolute Gasteiger partial charge is 0.275 e. The number of aryl methyl sites for hydroxylation is 1. The predicted molar refractivity (Wildman–Crippen MR) is 42.5 cm³/mol. The molecule has 54 valence electrons. The predicted octanol–water partition coefficient (Wildman–Crippen LogP) is 1.84. The van der Waals surface area contributed by atoms with Crippen molar-refractivity contribution in [2.75, 3.05) is 0 Å². The zero-order valence-corrected chi connectivity index (χ0v) is 6.63. The Hall–Kier alpha value is -1.05. The van der Waals surface area contributed by atoms with Gasteiger partial charge in [0, 0.05) is 18.8 Å². The van der Waals surface area contributed by atoms with Crippen molar-refractivity contribution < 1.29 is 0 Å². The molecule has 1 heterocycles. The number of rotatable bonds is 1. The van der Waals surface area contributed by atoms with Gasteiger partial charge in [0.05, 0.1) is 6.20 Å². The Kier molecular flexibility index (Phi) is 1.90. The molecule has 0 unspecified atom stereocenters. The van der Waals surface area contributed by atoms with E-state index in [2.05, 4.69) is 18.1 Å². The summed E-state index contributed by atoms with van der Waals surface area (Å²) in [7, 11) is 1.92. The maximum absolute atomic E-state index is 4.06. The number of aromatic nitrogens is 2. The molecule has 0 amide bonds. The molecule has 0 aliphatic heterocycles. The van der Waals surface area contributed by atoms with Crippen molar-refractivity contribution in [3.8, 4) is 0 Å². The first-order valence-electron chi connectivity index (χ1n) is 3.36. The van der Waals surface area contributed by atoms with Crippen LogP contribution in [0.15, 0.2) is 18.5 Å². The van der Waals surface area contributed by atoms with E-state index in [1.807, 2.05) is 31.0 Å². The Morgan fingerprint density at radius 2 is 2.40 bits per heavy atom. The molecule has 0 saturated heterocycles. The molecule has 0 aliphatic carbocycles. The third-order valence-corrected chi connectivity index (χ3v) is 1.59. The van der Waals surface area contributed by atoms with Crippen LogP contribution in [0, 0.1) is 0 Å². The van der Waals surface area contributed by atoms with Crippen LogP contribution in [0.2, 0.25) is 0 Å². The molecule has 1 aromatic heterocycles. The van der Waals surface area contributed by atoms with Crippen LogP contribution in [0.3, 0.4) is 0 Å². The van der Waals surface area contributed by atoms with Crippen LogP contribution in [0.5, 0.6) is 0 Å². The molecule has 2 heteroatoms. The average Bonchev–Trinajstić information content (AvgIpc) is 2.34. The van der Waals surface area contributed by atoms with Crippen molar-refractivity contribution in [1.82, 2.24) is 9.78 Å². The second kappa shape index (κ2) is 2.69. The van der Waals surface area contributed by atoms with E-state index in [4.69, 9.17) is 0 Å². The van der Waals surface area contributed by atoms with Gasteiger partial charge in [-0.15, -0.1) is 0 Å². The Morgan fingerprint density at radius 1 is 1.70 bits per heavy atom. The first-order valence-corrected chi connectivity index (χ1v) is 3.36. The maximum Gasteiger partial charge on any atom is 0.0564 e. The summed E-state index contributed by atoms with van der Waals surface area (Å²) in [4.78, 5) is 0. The summed E-state index contributed by atoms with van der Waals surface area (Å²) in [5.74, 6) is 0. The van der Waals surface area contributed by atoms with Crippen LogP contribution in [-0.4, -0.2) is 9.78 Å². The Balaban J connectivity index is 2.95. The van der Waals surface area contributed by atoms with Crippen LogP contribution in [0.25, 0.3) is 5.57 Å². The van der Waals surface area contributed by atoms with E-state index in [1.165, 1.54) is 11.1 Å². The third-order valence-electron chi connectivity index (χ3n) is 1.59. The van der Waals surface area contributed by atoms with Gasteiger partial charge in [-0.25, -0.2) is 0 Å². The Morgan fingerprint density at radius 3 is 2.80 bits per heavy atom. The summed E-state index contributed by atoms with van der Waals surface area (Å²) in [6, 6.07) is 0.